The molecule has 1 saturated heterocycles. The summed E-state index contributed by atoms with van der Waals surface area (Å²) in [5.41, 5.74) is 4.61. The highest BCUT2D eigenvalue weighted by Gasteiger charge is 2.35. The van der Waals surface area contributed by atoms with Crippen molar-refractivity contribution in [1.29, 1.82) is 5.26 Å². The number of aliphatic hydroxyl groups excluding tert-OH is 1. The fraction of sp³-hybridized carbons (Fsp3) is 0.227. The number of nitrogens with one attached hydrogen (secondary N) is 1. The number of amides is 1. The molecule has 1 atom stereocenters. The number of thioether (sulfide) groups is 1. The Kier molecular flexibility index (Phi) is 7.83. The first-order valence-electron chi connectivity index (χ1n) is 9.75. The SMILES string of the molecule is COc1cc(C=C2SC(=NCC(O)CN)NC2=O)ccc1Oc1ccc(C#N)cc1C(F)(F)F. The van der Waals surface area contributed by atoms with Gasteiger partial charge in [-0.25, -0.2) is 0 Å². The Labute approximate surface area is 196 Å². The smallest absolute Gasteiger partial charge is 0.420 e. The molecular formula is C22H19F3N4O4S. The van der Waals surface area contributed by atoms with Gasteiger partial charge in [-0.05, 0) is 53.7 Å². The van der Waals surface area contributed by atoms with E-state index in [9.17, 15) is 23.1 Å². The van der Waals surface area contributed by atoms with E-state index in [1.165, 1.54) is 25.3 Å². The third-order valence-corrected chi connectivity index (χ3v) is 5.44. The molecule has 1 aliphatic heterocycles. The van der Waals surface area contributed by atoms with Crippen molar-refractivity contribution in [1.82, 2.24) is 5.32 Å². The van der Waals surface area contributed by atoms with Gasteiger partial charge in [0.15, 0.2) is 16.7 Å². The lowest BCUT2D eigenvalue weighted by Crippen LogP contribution is -2.25. The minimum absolute atomic E-state index is 0.0152. The Morgan fingerprint density at radius 3 is 2.65 bits per heavy atom. The van der Waals surface area contributed by atoms with Crippen LogP contribution < -0.4 is 20.5 Å². The van der Waals surface area contributed by atoms with Crippen LogP contribution in [0.1, 0.15) is 16.7 Å². The maximum absolute atomic E-state index is 13.4. The normalized spacial score (nSPS) is 16.9. The summed E-state index contributed by atoms with van der Waals surface area (Å²) in [5, 5.41) is 21.3. The Bertz CT molecular complexity index is 1190. The summed E-state index contributed by atoms with van der Waals surface area (Å²) in [6, 6.07) is 9.12. The van der Waals surface area contributed by atoms with E-state index in [0.29, 0.717) is 21.7 Å². The third-order valence-electron chi connectivity index (χ3n) is 4.49. The van der Waals surface area contributed by atoms with E-state index in [4.69, 9.17) is 20.5 Å². The molecule has 0 radical (unpaired) electrons. The number of alkyl halides is 3. The van der Waals surface area contributed by atoms with Crippen LogP contribution in [0.4, 0.5) is 13.2 Å². The summed E-state index contributed by atoms with van der Waals surface area (Å²) in [6.07, 6.45) is -3.99. The number of nitriles is 1. The average molecular weight is 492 g/mol. The fourth-order valence-corrected chi connectivity index (χ4v) is 3.63. The predicted molar refractivity (Wildman–Crippen MR) is 120 cm³/mol. The van der Waals surface area contributed by atoms with Crippen molar-refractivity contribution in [3.05, 3.63) is 58.0 Å². The van der Waals surface area contributed by atoms with Crippen LogP contribution in [0.2, 0.25) is 0 Å². The number of aliphatic imine (C=N–C) groups is 1. The third kappa shape index (κ3) is 6.07. The van der Waals surface area contributed by atoms with Gasteiger partial charge < -0.3 is 25.6 Å². The summed E-state index contributed by atoms with van der Waals surface area (Å²) in [5.74, 6) is -0.726. The number of nitrogens with two attached hydrogens (primary N) is 1. The molecule has 1 heterocycles. The van der Waals surface area contributed by atoms with Gasteiger partial charge in [0.05, 0.1) is 41.9 Å². The van der Waals surface area contributed by atoms with Crippen LogP contribution in [0.3, 0.4) is 0 Å². The number of halogens is 3. The molecule has 0 aromatic heterocycles. The zero-order chi connectivity index (χ0) is 24.9. The zero-order valence-electron chi connectivity index (χ0n) is 17.7. The van der Waals surface area contributed by atoms with Gasteiger partial charge in [0.25, 0.3) is 5.91 Å². The molecule has 2 aromatic rings. The van der Waals surface area contributed by atoms with E-state index in [-0.39, 0.29) is 30.2 Å². The summed E-state index contributed by atoms with van der Waals surface area (Å²) in [6.45, 7) is 0.0841. The maximum Gasteiger partial charge on any atom is 0.420 e. The minimum atomic E-state index is -4.73. The highest BCUT2D eigenvalue weighted by molar-refractivity contribution is 8.18. The molecule has 1 aliphatic rings. The molecule has 0 spiro atoms. The number of nitrogens with zero attached hydrogens (tertiary/aromatic N) is 2. The van der Waals surface area contributed by atoms with Crippen molar-refractivity contribution in [2.24, 2.45) is 10.7 Å². The molecule has 1 amide bonds. The number of rotatable bonds is 7. The lowest BCUT2D eigenvalue weighted by molar-refractivity contribution is -0.138. The fourth-order valence-electron chi connectivity index (χ4n) is 2.80. The van der Waals surface area contributed by atoms with E-state index in [1.54, 1.807) is 18.2 Å². The molecule has 1 fully saturated rings. The zero-order valence-corrected chi connectivity index (χ0v) is 18.5. The molecule has 0 bridgehead atoms. The van der Waals surface area contributed by atoms with Crippen LogP contribution in [0.15, 0.2) is 46.3 Å². The second-order valence-electron chi connectivity index (χ2n) is 6.93. The van der Waals surface area contributed by atoms with Crippen molar-refractivity contribution in [2.75, 3.05) is 20.2 Å². The Morgan fingerprint density at radius 2 is 2.00 bits per heavy atom. The second kappa shape index (κ2) is 10.6. The largest absolute Gasteiger partial charge is 0.493 e. The predicted octanol–water partition coefficient (Wildman–Crippen LogP) is 3.26. The van der Waals surface area contributed by atoms with Crippen LogP contribution in [0, 0.1) is 11.3 Å². The monoisotopic (exact) mass is 492 g/mol. The van der Waals surface area contributed by atoms with Crippen molar-refractivity contribution in [3.63, 3.8) is 0 Å². The first kappa shape index (κ1) is 25.1. The summed E-state index contributed by atoms with van der Waals surface area (Å²) < 4.78 is 51.0. The number of carbonyl (C=O) groups excluding carboxylic acids is 1. The van der Waals surface area contributed by atoms with Crippen molar-refractivity contribution in [2.45, 2.75) is 12.3 Å². The number of ether oxygens (including phenoxy) is 2. The van der Waals surface area contributed by atoms with Gasteiger partial charge in [-0.1, -0.05) is 6.07 Å². The summed E-state index contributed by atoms with van der Waals surface area (Å²) >= 11 is 1.07. The van der Waals surface area contributed by atoms with Gasteiger partial charge in [-0.2, -0.15) is 18.4 Å². The number of benzene rings is 2. The molecule has 178 valence electrons. The average Bonchev–Trinajstić information content (AvgIpc) is 3.16. The molecule has 12 heteroatoms. The Hall–Kier alpha value is -3.53. The molecule has 0 aliphatic carbocycles. The van der Waals surface area contributed by atoms with Crippen LogP contribution >= 0.6 is 11.8 Å². The van der Waals surface area contributed by atoms with E-state index < -0.39 is 29.5 Å². The first-order chi connectivity index (χ1) is 16.1. The molecule has 0 saturated carbocycles. The number of hydrogen-bond donors (Lipinski definition) is 3. The van der Waals surface area contributed by atoms with Crippen LogP contribution in [-0.2, 0) is 11.0 Å². The van der Waals surface area contributed by atoms with Crippen LogP contribution in [0.5, 0.6) is 17.2 Å². The molecule has 8 nitrogen and oxygen atoms in total. The highest BCUT2D eigenvalue weighted by atomic mass is 32.2. The van der Waals surface area contributed by atoms with E-state index in [0.717, 1.165) is 17.8 Å². The van der Waals surface area contributed by atoms with Crippen LogP contribution in [-0.4, -0.2) is 42.5 Å². The van der Waals surface area contributed by atoms with Gasteiger partial charge >= 0.3 is 6.18 Å². The Morgan fingerprint density at radius 1 is 1.26 bits per heavy atom. The molecule has 34 heavy (non-hydrogen) atoms. The standard InChI is InChI=1S/C22H19F3N4O4S/c1-32-18-7-12(8-19-20(31)29-21(34-19)28-11-14(30)10-27)2-5-17(18)33-16-4-3-13(9-26)6-15(16)22(23,24)25/h2-8,14,30H,10-11,27H2,1H3,(H,28,29,31). The second-order valence-corrected chi connectivity index (χ2v) is 7.96. The van der Waals surface area contributed by atoms with Crippen molar-refractivity contribution < 1.29 is 32.5 Å². The number of hydrogen-bond acceptors (Lipinski definition) is 8. The van der Waals surface area contributed by atoms with Gasteiger partial charge in [-0.3, -0.25) is 9.79 Å². The highest BCUT2D eigenvalue weighted by Crippen LogP contribution is 2.41. The summed E-state index contributed by atoms with van der Waals surface area (Å²) in [4.78, 5) is 16.6. The van der Waals surface area contributed by atoms with Crippen molar-refractivity contribution >= 4 is 28.9 Å². The van der Waals surface area contributed by atoms with E-state index in [2.05, 4.69) is 10.3 Å². The number of methoxy groups -OCH3 is 1. The topological polar surface area (TPSA) is 130 Å². The van der Waals surface area contributed by atoms with Gasteiger partial charge in [0.2, 0.25) is 0 Å². The Balaban J connectivity index is 1.85. The summed E-state index contributed by atoms with van der Waals surface area (Å²) in [7, 11) is 1.33. The van der Waals surface area contributed by atoms with Crippen LogP contribution in [0.25, 0.3) is 6.08 Å². The van der Waals surface area contributed by atoms with Gasteiger partial charge in [0.1, 0.15) is 5.75 Å². The molecule has 3 rings (SSSR count). The molecule has 4 N–H and O–H groups in total. The number of amidine groups is 1. The first-order valence-corrected chi connectivity index (χ1v) is 10.6. The maximum atomic E-state index is 13.4. The lowest BCUT2D eigenvalue weighted by Gasteiger charge is -2.16. The van der Waals surface area contributed by atoms with Gasteiger partial charge in [-0.15, -0.1) is 0 Å². The minimum Gasteiger partial charge on any atom is -0.493 e. The lowest BCUT2D eigenvalue weighted by atomic mass is 10.1. The van der Waals surface area contributed by atoms with Crippen molar-refractivity contribution in [3.8, 4) is 23.3 Å². The van der Waals surface area contributed by atoms with Gasteiger partial charge in [0, 0.05) is 6.54 Å². The number of carbonyl (C=O) groups is 1. The number of aliphatic hydroxyl groups is 1. The quantitative estimate of drug-likeness (QED) is 0.506. The van der Waals surface area contributed by atoms with E-state index >= 15 is 0 Å². The molecule has 1 unspecified atom stereocenters. The molecule has 2 aromatic carbocycles. The molecular weight excluding hydrogens is 473 g/mol. The van der Waals surface area contributed by atoms with E-state index in [1.807, 2.05) is 0 Å².